The lowest BCUT2D eigenvalue weighted by molar-refractivity contribution is -0.151. The minimum absolute atomic E-state index is 0.143. The lowest BCUT2D eigenvalue weighted by atomic mass is 10.0. The summed E-state index contributed by atoms with van der Waals surface area (Å²) in [6.45, 7) is 1.32. The Labute approximate surface area is 252 Å². The number of carboxylic acid groups (broad SMARTS) is 1. The molecule has 5 rings (SSSR count). The summed E-state index contributed by atoms with van der Waals surface area (Å²) in [4.78, 5) is 65.2. The molecule has 0 spiro atoms. The number of Topliss-reactive ketones (excluding diaryl/α,β-unsaturated/α-hetero) is 1. The van der Waals surface area contributed by atoms with E-state index in [0.717, 1.165) is 4.90 Å². The molecule has 1 aromatic heterocycles. The molecule has 3 atom stereocenters. The SMILES string of the molecule is CC(=O)c1ccc(O)c(C(=O)N[C@H](C(=O)NC2C(=O)N3C(C(=O)O)=C(CSc4nnnn4C)CS[C@@H]23)c2ccccc2)c1. The van der Waals surface area contributed by atoms with Crippen molar-refractivity contribution >= 4 is 53.0 Å². The average Bonchev–Trinajstić information content (AvgIpc) is 3.41. The third-order valence-electron chi connectivity index (χ3n) is 6.82. The fraction of sp³-hybridized carbons (Fsp3) is 0.259. The number of phenols is 1. The molecule has 2 aromatic carbocycles. The van der Waals surface area contributed by atoms with Crippen LogP contribution in [-0.2, 0) is 21.4 Å². The Morgan fingerprint density at radius 2 is 1.91 bits per heavy atom. The number of benzene rings is 2. The molecular formula is C27H25N7O7S2. The molecule has 0 saturated carbocycles. The molecule has 14 nitrogen and oxygen atoms in total. The summed E-state index contributed by atoms with van der Waals surface area (Å²) in [5.41, 5.74) is 0.775. The van der Waals surface area contributed by atoms with Crippen LogP contribution >= 0.6 is 23.5 Å². The van der Waals surface area contributed by atoms with Crippen molar-refractivity contribution in [2.45, 2.75) is 29.5 Å². The molecule has 1 fully saturated rings. The quantitative estimate of drug-likeness (QED) is 0.143. The van der Waals surface area contributed by atoms with Gasteiger partial charge in [-0.3, -0.25) is 24.1 Å². The number of thioether (sulfide) groups is 2. The van der Waals surface area contributed by atoms with Gasteiger partial charge < -0.3 is 20.8 Å². The van der Waals surface area contributed by atoms with Gasteiger partial charge in [0.25, 0.3) is 11.8 Å². The van der Waals surface area contributed by atoms with E-state index in [1.807, 2.05) is 0 Å². The van der Waals surface area contributed by atoms with Crippen LogP contribution in [0.3, 0.4) is 0 Å². The van der Waals surface area contributed by atoms with Gasteiger partial charge in [-0.15, -0.1) is 16.9 Å². The monoisotopic (exact) mass is 623 g/mol. The number of carboxylic acids is 1. The molecule has 1 saturated heterocycles. The minimum atomic E-state index is -1.27. The normalized spacial score (nSPS) is 18.4. The second-order valence-electron chi connectivity index (χ2n) is 9.63. The molecule has 1 unspecified atom stereocenters. The number of ketones is 1. The maximum atomic E-state index is 13.6. The molecule has 0 bridgehead atoms. The molecule has 16 heteroatoms. The third-order valence-corrected chi connectivity index (χ3v) is 9.26. The summed E-state index contributed by atoms with van der Waals surface area (Å²) < 4.78 is 1.45. The number of carbonyl (C=O) groups excluding carboxylic acids is 4. The molecule has 43 heavy (non-hydrogen) atoms. The van der Waals surface area contributed by atoms with Crippen molar-refractivity contribution in [3.05, 3.63) is 76.5 Å². The smallest absolute Gasteiger partial charge is 0.352 e. The van der Waals surface area contributed by atoms with Crippen LogP contribution < -0.4 is 10.6 Å². The van der Waals surface area contributed by atoms with Gasteiger partial charge in [0.15, 0.2) is 5.78 Å². The number of rotatable bonds is 10. The number of aliphatic carboxylic acids is 1. The molecule has 0 radical (unpaired) electrons. The maximum Gasteiger partial charge on any atom is 0.352 e. The number of β-lactam (4-membered cyclic amide) rings is 1. The molecule has 3 aromatic rings. The van der Waals surface area contributed by atoms with Gasteiger partial charge >= 0.3 is 5.97 Å². The first-order valence-electron chi connectivity index (χ1n) is 12.8. The number of tetrazole rings is 1. The predicted molar refractivity (Wildman–Crippen MR) is 154 cm³/mol. The van der Waals surface area contributed by atoms with E-state index < -0.39 is 41.1 Å². The van der Waals surface area contributed by atoms with Crippen LogP contribution in [0.4, 0.5) is 0 Å². The van der Waals surface area contributed by atoms with E-state index in [1.165, 1.54) is 53.3 Å². The van der Waals surface area contributed by atoms with Crippen molar-refractivity contribution in [2.75, 3.05) is 11.5 Å². The predicted octanol–water partition coefficient (Wildman–Crippen LogP) is 1.12. The first-order valence-corrected chi connectivity index (χ1v) is 14.9. The van der Waals surface area contributed by atoms with E-state index in [2.05, 4.69) is 26.2 Å². The van der Waals surface area contributed by atoms with Crippen molar-refractivity contribution in [1.29, 1.82) is 0 Å². The van der Waals surface area contributed by atoms with Crippen molar-refractivity contribution in [2.24, 2.45) is 7.05 Å². The fourth-order valence-electron chi connectivity index (χ4n) is 4.62. The molecular weight excluding hydrogens is 598 g/mol. The molecule has 222 valence electrons. The number of amides is 3. The number of nitrogens with zero attached hydrogens (tertiary/aromatic N) is 5. The van der Waals surface area contributed by atoms with Crippen LogP contribution in [-0.4, -0.2) is 87.7 Å². The second-order valence-corrected chi connectivity index (χ2v) is 11.7. The van der Waals surface area contributed by atoms with E-state index in [9.17, 15) is 34.2 Å². The number of fused-ring (bicyclic) bond motifs is 1. The zero-order valence-electron chi connectivity index (χ0n) is 22.8. The lowest BCUT2D eigenvalue weighted by Gasteiger charge is -2.49. The van der Waals surface area contributed by atoms with Crippen LogP contribution in [0.25, 0.3) is 0 Å². The zero-order valence-corrected chi connectivity index (χ0v) is 24.4. The molecule has 0 aliphatic carbocycles. The van der Waals surface area contributed by atoms with Gasteiger partial charge in [-0.1, -0.05) is 42.1 Å². The van der Waals surface area contributed by atoms with Gasteiger partial charge in [-0.05, 0) is 46.7 Å². The van der Waals surface area contributed by atoms with Gasteiger partial charge in [-0.2, -0.15) is 0 Å². The topological polar surface area (TPSA) is 197 Å². The number of aromatic nitrogens is 4. The highest BCUT2D eigenvalue weighted by Gasteiger charge is 2.54. The minimum Gasteiger partial charge on any atom is -0.507 e. The highest BCUT2D eigenvalue weighted by Crippen LogP contribution is 2.41. The highest BCUT2D eigenvalue weighted by atomic mass is 32.2. The van der Waals surface area contributed by atoms with Crippen LogP contribution in [0.5, 0.6) is 5.75 Å². The van der Waals surface area contributed by atoms with Gasteiger partial charge in [0.2, 0.25) is 11.1 Å². The molecule has 2 aliphatic rings. The van der Waals surface area contributed by atoms with E-state index in [-0.39, 0.29) is 34.1 Å². The van der Waals surface area contributed by atoms with Crippen molar-refractivity contribution < 1.29 is 34.2 Å². The van der Waals surface area contributed by atoms with Gasteiger partial charge in [-0.25, -0.2) is 9.48 Å². The summed E-state index contributed by atoms with van der Waals surface area (Å²) in [5.74, 6) is -3.54. The second kappa shape index (κ2) is 12.3. The first-order chi connectivity index (χ1) is 20.6. The van der Waals surface area contributed by atoms with Crippen LogP contribution in [0.15, 0.2) is 65.0 Å². The summed E-state index contributed by atoms with van der Waals surface area (Å²) in [6.07, 6.45) is 0. The van der Waals surface area contributed by atoms with Gasteiger partial charge in [0, 0.05) is 24.1 Å². The van der Waals surface area contributed by atoms with Crippen LogP contribution in [0, 0.1) is 0 Å². The Bertz CT molecular complexity index is 1660. The molecule has 4 N–H and O–H groups in total. The number of nitrogens with one attached hydrogen (secondary N) is 2. The Hall–Kier alpha value is -4.70. The van der Waals surface area contributed by atoms with Crippen molar-refractivity contribution in [1.82, 2.24) is 35.7 Å². The van der Waals surface area contributed by atoms with E-state index in [0.29, 0.717) is 22.0 Å². The number of phenolic OH excluding ortho intramolecular Hbond substituents is 1. The Morgan fingerprint density at radius 3 is 2.56 bits per heavy atom. The zero-order chi connectivity index (χ0) is 30.8. The largest absolute Gasteiger partial charge is 0.507 e. The number of aryl methyl sites for hydroxylation is 1. The van der Waals surface area contributed by atoms with E-state index >= 15 is 0 Å². The third kappa shape index (κ3) is 5.96. The maximum absolute atomic E-state index is 13.6. The molecule has 3 amide bonds. The lowest BCUT2D eigenvalue weighted by Crippen LogP contribution is -2.71. The first kappa shape index (κ1) is 29.8. The van der Waals surface area contributed by atoms with Crippen molar-refractivity contribution in [3.63, 3.8) is 0 Å². The van der Waals surface area contributed by atoms with Crippen LogP contribution in [0.2, 0.25) is 0 Å². The van der Waals surface area contributed by atoms with Crippen molar-refractivity contribution in [3.8, 4) is 5.75 Å². The van der Waals surface area contributed by atoms with E-state index in [4.69, 9.17) is 0 Å². The number of hydrogen-bond donors (Lipinski definition) is 4. The Kier molecular flexibility index (Phi) is 8.50. The number of carbonyl (C=O) groups is 5. The average molecular weight is 624 g/mol. The van der Waals surface area contributed by atoms with Gasteiger partial charge in [0.1, 0.15) is 28.9 Å². The molecule has 2 aliphatic heterocycles. The Morgan fingerprint density at radius 1 is 1.16 bits per heavy atom. The van der Waals surface area contributed by atoms with Gasteiger partial charge in [0.05, 0.1) is 5.56 Å². The summed E-state index contributed by atoms with van der Waals surface area (Å²) >= 11 is 2.55. The highest BCUT2D eigenvalue weighted by molar-refractivity contribution is 8.01. The van der Waals surface area contributed by atoms with E-state index in [1.54, 1.807) is 37.4 Å². The summed E-state index contributed by atoms with van der Waals surface area (Å²) in [7, 11) is 1.66. The number of hydrogen-bond acceptors (Lipinski definition) is 11. The molecule has 3 heterocycles. The Balaban J connectivity index is 1.34. The number of aromatic hydroxyl groups is 1. The standard InChI is InChI=1S/C27H25N7O7S2/c1-13(35)15-8-9-18(36)17(10-15)22(37)28-19(14-6-4-3-5-7-14)23(38)29-20-24(39)34-21(26(40)41)16(11-42-25(20)34)12-43-27-30-31-32-33(27)2/h3-10,19-20,25,36H,11-12H2,1-2H3,(H,28,37)(H,29,38)(H,40,41)/t19-,20?,25-/m0/s1. The van der Waals surface area contributed by atoms with Crippen LogP contribution in [0.1, 0.15) is 39.2 Å². The summed E-state index contributed by atoms with van der Waals surface area (Å²) in [6, 6.07) is 9.81. The fourth-order valence-corrected chi connectivity index (χ4v) is 6.95. The summed E-state index contributed by atoms with van der Waals surface area (Å²) in [5, 5.41) is 36.5.